The highest BCUT2D eigenvalue weighted by Crippen LogP contribution is 2.22. The first-order valence-corrected chi connectivity index (χ1v) is 10.6. The fourth-order valence-corrected chi connectivity index (χ4v) is 3.70. The summed E-state index contributed by atoms with van der Waals surface area (Å²) in [5.74, 6) is -0.714. The van der Waals surface area contributed by atoms with Crippen LogP contribution in [0.25, 0.3) is 5.69 Å². The van der Waals surface area contributed by atoms with Gasteiger partial charge in [0.2, 0.25) is 11.3 Å². The second-order valence-corrected chi connectivity index (χ2v) is 7.78. The molecule has 3 aromatic rings. The van der Waals surface area contributed by atoms with Crippen molar-refractivity contribution in [2.24, 2.45) is 0 Å². The minimum absolute atomic E-state index is 0.0281. The van der Waals surface area contributed by atoms with E-state index in [0.717, 1.165) is 11.3 Å². The zero-order valence-corrected chi connectivity index (χ0v) is 18.4. The molecule has 0 radical (unpaired) electrons. The van der Waals surface area contributed by atoms with Gasteiger partial charge in [0.05, 0.1) is 11.5 Å². The minimum atomic E-state index is -0.686. The number of nitrogens with zero attached hydrogens (tertiary/aromatic N) is 4. The van der Waals surface area contributed by atoms with Crippen LogP contribution in [-0.2, 0) is 11.3 Å². The number of rotatable bonds is 6. The molecule has 11 heteroatoms. The maximum absolute atomic E-state index is 12.7. The van der Waals surface area contributed by atoms with Crippen molar-refractivity contribution in [2.75, 3.05) is 24.5 Å². The molecule has 2 heterocycles. The van der Waals surface area contributed by atoms with E-state index in [1.807, 2.05) is 29.2 Å². The van der Waals surface area contributed by atoms with Crippen LogP contribution in [0.3, 0.4) is 0 Å². The number of nitrogens with one attached hydrogen (secondary N) is 2. The number of aryl methyl sites for hydroxylation is 1. The van der Waals surface area contributed by atoms with E-state index in [1.54, 1.807) is 13.0 Å². The average molecular weight is 462 g/mol. The third-order valence-corrected chi connectivity index (χ3v) is 5.42. The number of anilines is 1. The summed E-state index contributed by atoms with van der Waals surface area (Å²) in [6.07, 6.45) is 0. The molecule has 1 aliphatic rings. The smallest absolute Gasteiger partial charge is 0.294 e. The second-order valence-electron chi connectivity index (χ2n) is 7.78. The van der Waals surface area contributed by atoms with Crippen molar-refractivity contribution in [1.82, 2.24) is 20.4 Å². The number of aromatic nitrogens is 2. The molecule has 2 amide bonds. The second kappa shape index (κ2) is 9.53. The van der Waals surface area contributed by atoms with Crippen LogP contribution in [0.1, 0.15) is 21.7 Å². The van der Waals surface area contributed by atoms with Crippen molar-refractivity contribution in [3.63, 3.8) is 0 Å². The lowest BCUT2D eigenvalue weighted by atomic mass is 10.1. The largest absolute Gasteiger partial charge is 0.360 e. The van der Waals surface area contributed by atoms with Crippen LogP contribution in [0.4, 0.5) is 11.4 Å². The number of nitro groups is 1. The van der Waals surface area contributed by atoms with E-state index in [1.165, 1.54) is 28.9 Å². The van der Waals surface area contributed by atoms with Gasteiger partial charge in [-0.1, -0.05) is 24.3 Å². The molecular weight excluding hydrogens is 440 g/mol. The summed E-state index contributed by atoms with van der Waals surface area (Å²) in [7, 11) is 0. The molecule has 0 atom stereocenters. The van der Waals surface area contributed by atoms with E-state index in [-0.39, 0.29) is 29.5 Å². The summed E-state index contributed by atoms with van der Waals surface area (Å²) in [5, 5.41) is 21.0. The van der Waals surface area contributed by atoms with Gasteiger partial charge in [-0.15, -0.1) is 0 Å². The third kappa shape index (κ3) is 4.77. The number of amides is 2. The molecule has 1 aromatic heterocycles. The van der Waals surface area contributed by atoms with Crippen LogP contribution < -0.4 is 21.0 Å². The third-order valence-electron chi connectivity index (χ3n) is 5.42. The van der Waals surface area contributed by atoms with E-state index in [2.05, 4.69) is 15.7 Å². The van der Waals surface area contributed by atoms with Crippen molar-refractivity contribution in [3.05, 3.63) is 91.9 Å². The lowest BCUT2D eigenvalue weighted by Gasteiger charge is -2.28. The Morgan fingerprint density at radius 2 is 1.91 bits per heavy atom. The van der Waals surface area contributed by atoms with Crippen molar-refractivity contribution >= 4 is 23.2 Å². The number of para-hydroxylation sites is 2. The average Bonchev–Trinajstić information content (AvgIpc) is 2.83. The SMILES string of the molecule is Cc1cc(=O)c(C(=O)NCc2ccc(N3CCNC(=O)C3)cc2)nn1-c1ccccc1[N+](=O)[O-]. The van der Waals surface area contributed by atoms with Crippen molar-refractivity contribution in [3.8, 4) is 5.69 Å². The zero-order valence-electron chi connectivity index (χ0n) is 18.4. The molecular formula is C23H22N6O5. The summed E-state index contributed by atoms with van der Waals surface area (Å²) in [6, 6.07) is 14.6. The summed E-state index contributed by atoms with van der Waals surface area (Å²) < 4.78 is 1.22. The molecule has 2 N–H and O–H groups in total. The molecule has 34 heavy (non-hydrogen) atoms. The number of hydrogen-bond acceptors (Lipinski definition) is 7. The summed E-state index contributed by atoms with van der Waals surface area (Å²) in [4.78, 5) is 49.5. The van der Waals surface area contributed by atoms with Gasteiger partial charge in [0.25, 0.3) is 11.6 Å². The molecule has 11 nitrogen and oxygen atoms in total. The highest BCUT2D eigenvalue weighted by atomic mass is 16.6. The van der Waals surface area contributed by atoms with Crippen molar-refractivity contribution in [2.45, 2.75) is 13.5 Å². The topological polar surface area (TPSA) is 139 Å². The van der Waals surface area contributed by atoms with E-state index < -0.39 is 16.3 Å². The van der Waals surface area contributed by atoms with E-state index in [4.69, 9.17) is 0 Å². The van der Waals surface area contributed by atoms with Crippen molar-refractivity contribution in [1.29, 1.82) is 0 Å². The van der Waals surface area contributed by atoms with Gasteiger partial charge >= 0.3 is 0 Å². The Morgan fingerprint density at radius 1 is 1.18 bits per heavy atom. The fourth-order valence-electron chi connectivity index (χ4n) is 3.70. The molecule has 1 aliphatic heterocycles. The first-order valence-electron chi connectivity index (χ1n) is 10.6. The Hall–Kier alpha value is -4.54. The van der Waals surface area contributed by atoms with Crippen LogP contribution in [0.15, 0.2) is 59.4 Å². The van der Waals surface area contributed by atoms with Gasteiger partial charge in [-0.25, -0.2) is 4.68 Å². The molecule has 0 saturated carbocycles. The molecule has 1 fully saturated rings. The van der Waals surface area contributed by atoms with Gasteiger partial charge in [-0.2, -0.15) is 5.10 Å². The highest BCUT2D eigenvalue weighted by Gasteiger charge is 2.20. The predicted molar refractivity (Wildman–Crippen MR) is 124 cm³/mol. The Bertz CT molecular complexity index is 1320. The maximum Gasteiger partial charge on any atom is 0.294 e. The number of piperazine rings is 1. The summed E-state index contributed by atoms with van der Waals surface area (Å²) in [5.41, 5.74) is 1.07. The summed E-state index contributed by atoms with van der Waals surface area (Å²) in [6.45, 7) is 3.33. The van der Waals surface area contributed by atoms with Crippen LogP contribution in [-0.4, -0.2) is 46.2 Å². The number of benzene rings is 2. The predicted octanol–water partition coefficient (Wildman–Crippen LogP) is 1.32. The Morgan fingerprint density at radius 3 is 2.62 bits per heavy atom. The number of carbonyl (C=O) groups is 2. The Balaban J connectivity index is 1.51. The van der Waals surface area contributed by atoms with E-state index >= 15 is 0 Å². The lowest BCUT2D eigenvalue weighted by molar-refractivity contribution is -0.384. The maximum atomic E-state index is 12.7. The Kier molecular flexibility index (Phi) is 6.35. The lowest BCUT2D eigenvalue weighted by Crippen LogP contribution is -2.47. The molecule has 4 rings (SSSR count). The van der Waals surface area contributed by atoms with Gasteiger partial charge in [0, 0.05) is 43.1 Å². The van der Waals surface area contributed by atoms with Crippen LogP contribution in [0.2, 0.25) is 0 Å². The molecule has 0 unspecified atom stereocenters. The van der Waals surface area contributed by atoms with Crippen LogP contribution in [0.5, 0.6) is 0 Å². The molecule has 0 bridgehead atoms. The number of nitro benzene ring substituents is 1. The van der Waals surface area contributed by atoms with Gasteiger partial charge in [-0.3, -0.25) is 24.5 Å². The molecule has 174 valence electrons. The molecule has 1 saturated heterocycles. The first-order chi connectivity index (χ1) is 16.3. The minimum Gasteiger partial charge on any atom is -0.360 e. The van der Waals surface area contributed by atoms with Gasteiger partial charge in [-0.05, 0) is 30.7 Å². The molecule has 0 aliphatic carbocycles. The standard InChI is InChI=1S/C23H22N6O5/c1-15-12-20(30)22(26-28(15)18-4-2-3-5-19(18)29(33)34)23(32)25-13-16-6-8-17(9-7-16)27-11-10-24-21(31)14-27/h2-9,12H,10-11,13-14H2,1H3,(H,24,31)(H,25,32). The van der Waals surface area contributed by atoms with E-state index in [9.17, 15) is 24.5 Å². The first kappa shape index (κ1) is 22.6. The summed E-state index contributed by atoms with van der Waals surface area (Å²) >= 11 is 0. The number of carbonyl (C=O) groups excluding carboxylic acids is 2. The van der Waals surface area contributed by atoms with Gasteiger partial charge < -0.3 is 15.5 Å². The Labute approximate surface area is 194 Å². The number of hydrogen-bond donors (Lipinski definition) is 2. The zero-order chi connectivity index (χ0) is 24.2. The van der Waals surface area contributed by atoms with Crippen molar-refractivity contribution < 1.29 is 14.5 Å². The highest BCUT2D eigenvalue weighted by molar-refractivity contribution is 5.92. The van der Waals surface area contributed by atoms with Crippen LogP contribution >= 0.6 is 0 Å². The molecule has 2 aromatic carbocycles. The molecule has 0 spiro atoms. The van der Waals surface area contributed by atoms with Crippen LogP contribution in [0, 0.1) is 17.0 Å². The monoisotopic (exact) mass is 462 g/mol. The van der Waals surface area contributed by atoms with E-state index in [0.29, 0.717) is 25.3 Å². The van der Waals surface area contributed by atoms with Gasteiger partial charge in [0.15, 0.2) is 5.69 Å². The quantitative estimate of drug-likeness (QED) is 0.416. The fraction of sp³-hybridized carbons (Fsp3) is 0.217. The normalized spacial score (nSPS) is 13.3. The van der Waals surface area contributed by atoms with Gasteiger partial charge in [0.1, 0.15) is 5.69 Å².